The first-order valence-corrected chi connectivity index (χ1v) is 7.79. The Morgan fingerprint density at radius 3 is 2.55 bits per heavy atom. The molecule has 110 valence electrons. The Labute approximate surface area is 121 Å². The smallest absolute Gasteiger partial charge is 0.220 e. The molecule has 1 saturated carbocycles. The lowest BCUT2D eigenvalue weighted by Gasteiger charge is -2.28. The van der Waals surface area contributed by atoms with E-state index in [0.717, 1.165) is 12.1 Å². The molecule has 1 amide bonds. The number of nitrogens with one attached hydrogen (secondary N) is 1. The van der Waals surface area contributed by atoms with Crippen LogP contribution >= 0.6 is 0 Å². The first-order valence-electron chi connectivity index (χ1n) is 7.79. The monoisotopic (exact) mass is 274 g/mol. The summed E-state index contributed by atoms with van der Waals surface area (Å²) in [5.41, 5.74) is 7.59. The number of carbonyl (C=O) groups excluding carboxylic acids is 1. The van der Waals surface area contributed by atoms with E-state index < -0.39 is 0 Å². The van der Waals surface area contributed by atoms with Gasteiger partial charge in [-0.2, -0.15) is 0 Å². The molecule has 0 heterocycles. The lowest BCUT2D eigenvalue weighted by molar-refractivity contribution is -0.122. The summed E-state index contributed by atoms with van der Waals surface area (Å²) < 4.78 is 0. The van der Waals surface area contributed by atoms with Crippen LogP contribution in [0, 0.1) is 5.92 Å². The van der Waals surface area contributed by atoms with E-state index in [4.69, 9.17) is 5.73 Å². The average Bonchev–Trinajstić information content (AvgIpc) is 2.47. The molecule has 1 fully saturated rings. The van der Waals surface area contributed by atoms with Gasteiger partial charge in [0.15, 0.2) is 0 Å². The molecule has 1 aromatic rings. The summed E-state index contributed by atoms with van der Waals surface area (Å²) >= 11 is 0. The normalized spacial score (nSPS) is 17.6. The molecule has 3 nitrogen and oxygen atoms in total. The van der Waals surface area contributed by atoms with Gasteiger partial charge in [-0.1, -0.05) is 31.4 Å². The Bertz CT molecular complexity index is 421. The third kappa shape index (κ3) is 4.55. The van der Waals surface area contributed by atoms with Gasteiger partial charge in [0.25, 0.3) is 0 Å². The second-order valence-corrected chi connectivity index (χ2v) is 6.00. The number of nitrogens with two attached hydrogens (primary N) is 1. The number of carbonyl (C=O) groups is 1. The zero-order chi connectivity index (χ0) is 14.4. The molecule has 0 aromatic heterocycles. The molecule has 3 heteroatoms. The van der Waals surface area contributed by atoms with Crippen molar-refractivity contribution in [3.63, 3.8) is 0 Å². The summed E-state index contributed by atoms with van der Waals surface area (Å²) in [7, 11) is 0. The lowest BCUT2D eigenvalue weighted by Crippen LogP contribution is -2.38. The van der Waals surface area contributed by atoms with Crippen LogP contribution in [0.4, 0.5) is 5.69 Å². The van der Waals surface area contributed by atoms with Gasteiger partial charge >= 0.3 is 0 Å². The third-order valence-electron chi connectivity index (χ3n) is 4.37. The van der Waals surface area contributed by atoms with Crippen molar-refractivity contribution >= 4 is 11.6 Å². The van der Waals surface area contributed by atoms with Crippen molar-refractivity contribution in [1.29, 1.82) is 0 Å². The van der Waals surface area contributed by atoms with Crippen molar-refractivity contribution in [3.8, 4) is 0 Å². The van der Waals surface area contributed by atoms with Gasteiger partial charge in [0, 0.05) is 18.2 Å². The lowest BCUT2D eigenvalue weighted by atomic mass is 9.84. The van der Waals surface area contributed by atoms with Crippen molar-refractivity contribution in [1.82, 2.24) is 5.32 Å². The highest BCUT2D eigenvalue weighted by atomic mass is 16.1. The largest absolute Gasteiger partial charge is 0.399 e. The van der Waals surface area contributed by atoms with Gasteiger partial charge in [0.2, 0.25) is 5.91 Å². The minimum atomic E-state index is 0.167. The number of rotatable bonds is 5. The summed E-state index contributed by atoms with van der Waals surface area (Å²) in [4.78, 5) is 12.0. The molecule has 3 N–H and O–H groups in total. The highest BCUT2D eigenvalue weighted by Gasteiger charge is 2.21. The van der Waals surface area contributed by atoms with Gasteiger partial charge in [-0.15, -0.1) is 0 Å². The van der Waals surface area contributed by atoms with Crippen LogP contribution in [-0.2, 0) is 11.2 Å². The molecule has 20 heavy (non-hydrogen) atoms. The van der Waals surface area contributed by atoms with Crippen LogP contribution in [0.1, 0.15) is 51.0 Å². The minimum Gasteiger partial charge on any atom is -0.399 e. The van der Waals surface area contributed by atoms with E-state index in [2.05, 4.69) is 12.2 Å². The van der Waals surface area contributed by atoms with Crippen LogP contribution in [0.15, 0.2) is 24.3 Å². The molecule has 2 rings (SSSR count). The summed E-state index contributed by atoms with van der Waals surface area (Å²) in [5, 5.41) is 3.17. The predicted octanol–water partition coefficient (Wildman–Crippen LogP) is 3.29. The Kier molecular flexibility index (Phi) is 5.45. The van der Waals surface area contributed by atoms with Gasteiger partial charge in [-0.25, -0.2) is 0 Å². The number of amides is 1. The molecule has 1 aliphatic rings. The number of benzene rings is 1. The number of hydrogen-bond acceptors (Lipinski definition) is 2. The number of hydrogen-bond donors (Lipinski definition) is 2. The van der Waals surface area contributed by atoms with Gasteiger partial charge in [-0.05, 0) is 49.8 Å². The average molecular weight is 274 g/mol. The Hall–Kier alpha value is -1.51. The molecular formula is C17H26N2O. The van der Waals surface area contributed by atoms with E-state index in [1.807, 2.05) is 24.3 Å². The molecule has 1 atom stereocenters. The SMILES string of the molecule is CC(NC(=O)CCc1ccc(N)cc1)C1CCCCC1. The molecule has 0 bridgehead atoms. The van der Waals surface area contributed by atoms with Crippen molar-refractivity contribution in [2.75, 3.05) is 5.73 Å². The Balaban J connectivity index is 1.73. The van der Waals surface area contributed by atoms with Crippen LogP contribution in [0.2, 0.25) is 0 Å². The van der Waals surface area contributed by atoms with Gasteiger partial charge in [0.1, 0.15) is 0 Å². The van der Waals surface area contributed by atoms with Crippen LogP contribution < -0.4 is 11.1 Å². The maximum Gasteiger partial charge on any atom is 0.220 e. The van der Waals surface area contributed by atoms with E-state index >= 15 is 0 Å². The second kappa shape index (κ2) is 7.32. The zero-order valence-electron chi connectivity index (χ0n) is 12.4. The summed E-state index contributed by atoms with van der Waals surface area (Å²) in [6.45, 7) is 2.15. The van der Waals surface area contributed by atoms with Crippen LogP contribution in [-0.4, -0.2) is 11.9 Å². The van der Waals surface area contributed by atoms with Crippen LogP contribution in [0.25, 0.3) is 0 Å². The number of aryl methyl sites for hydroxylation is 1. The maximum absolute atomic E-state index is 12.0. The molecule has 0 aliphatic heterocycles. The first kappa shape index (κ1) is 14.9. The maximum atomic E-state index is 12.0. The number of anilines is 1. The van der Waals surface area contributed by atoms with Crippen LogP contribution in [0.3, 0.4) is 0 Å². The van der Waals surface area contributed by atoms with E-state index in [-0.39, 0.29) is 5.91 Å². The molecule has 1 unspecified atom stereocenters. The van der Waals surface area contributed by atoms with Crippen LogP contribution in [0.5, 0.6) is 0 Å². The topological polar surface area (TPSA) is 55.1 Å². The Morgan fingerprint density at radius 2 is 1.90 bits per heavy atom. The molecule has 0 saturated heterocycles. The van der Waals surface area contributed by atoms with E-state index in [1.54, 1.807) is 0 Å². The van der Waals surface area contributed by atoms with Crippen molar-refractivity contribution in [2.24, 2.45) is 5.92 Å². The Morgan fingerprint density at radius 1 is 1.25 bits per heavy atom. The molecule has 0 spiro atoms. The highest BCUT2D eigenvalue weighted by Crippen LogP contribution is 2.26. The predicted molar refractivity (Wildman–Crippen MR) is 83.4 cm³/mol. The molecule has 0 radical (unpaired) electrons. The molecular weight excluding hydrogens is 248 g/mol. The molecule has 1 aliphatic carbocycles. The third-order valence-corrected chi connectivity index (χ3v) is 4.37. The van der Waals surface area contributed by atoms with E-state index in [0.29, 0.717) is 18.4 Å². The van der Waals surface area contributed by atoms with Gasteiger partial charge < -0.3 is 11.1 Å². The van der Waals surface area contributed by atoms with Crippen molar-refractivity contribution < 1.29 is 4.79 Å². The minimum absolute atomic E-state index is 0.167. The second-order valence-electron chi connectivity index (χ2n) is 6.00. The molecule has 1 aromatic carbocycles. The highest BCUT2D eigenvalue weighted by molar-refractivity contribution is 5.76. The summed E-state index contributed by atoms with van der Waals surface area (Å²) in [6.07, 6.45) is 7.85. The summed E-state index contributed by atoms with van der Waals surface area (Å²) in [5.74, 6) is 0.837. The fourth-order valence-electron chi connectivity index (χ4n) is 3.02. The first-order chi connectivity index (χ1) is 9.65. The fraction of sp³-hybridized carbons (Fsp3) is 0.588. The summed E-state index contributed by atoms with van der Waals surface area (Å²) in [6, 6.07) is 8.07. The van der Waals surface area contributed by atoms with Gasteiger partial charge in [-0.3, -0.25) is 4.79 Å². The van der Waals surface area contributed by atoms with E-state index in [9.17, 15) is 4.79 Å². The quantitative estimate of drug-likeness (QED) is 0.810. The zero-order valence-corrected chi connectivity index (χ0v) is 12.4. The van der Waals surface area contributed by atoms with Crippen molar-refractivity contribution in [2.45, 2.75) is 57.9 Å². The van der Waals surface area contributed by atoms with Crippen molar-refractivity contribution in [3.05, 3.63) is 29.8 Å². The fourth-order valence-corrected chi connectivity index (χ4v) is 3.02. The van der Waals surface area contributed by atoms with E-state index in [1.165, 1.54) is 37.7 Å². The van der Waals surface area contributed by atoms with Gasteiger partial charge in [0.05, 0.1) is 0 Å². The standard InChI is InChI=1S/C17H26N2O/c1-13(15-5-3-2-4-6-15)19-17(20)12-9-14-7-10-16(18)11-8-14/h7-8,10-11,13,15H,2-6,9,12,18H2,1H3,(H,19,20). The number of nitrogen functional groups attached to an aromatic ring is 1.